The van der Waals surface area contributed by atoms with Gasteiger partial charge in [-0.15, -0.1) is 0 Å². The number of rotatable bonds is 6. The first kappa shape index (κ1) is 15.7. The third-order valence-electron chi connectivity index (χ3n) is 2.34. The summed E-state index contributed by atoms with van der Waals surface area (Å²) < 4.78 is 25.9. The molecule has 0 fully saturated rings. The van der Waals surface area contributed by atoms with Crippen molar-refractivity contribution in [3.63, 3.8) is 0 Å². The molecule has 0 radical (unpaired) electrons. The van der Waals surface area contributed by atoms with E-state index in [1.54, 1.807) is 13.0 Å². The van der Waals surface area contributed by atoms with Crippen molar-refractivity contribution in [3.05, 3.63) is 30.0 Å². The summed E-state index contributed by atoms with van der Waals surface area (Å²) in [6.07, 6.45) is 3.73. The minimum absolute atomic E-state index is 0.0336. The molecule has 0 saturated heterocycles. The zero-order valence-corrected chi connectivity index (χ0v) is 11.5. The topological polar surface area (TPSA) is 120 Å². The van der Waals surface area contributed by atoms with Gasteiger partial charge in [0.2, 0.25) is 10.0 Å². The minimum atomic E-state index is -3.84. The molecule has 1 heterocycles. The van der Waals surface area contributed by atoms with Crippen LogP contribution in [0.15, 0.2) is 24.4 Å². The number of sulfonamides is 1. The van der Waals surface area contributed by atoms with Crippen LogP contribution in [-0.4, -0.2) is 29.7 Å². The number of hydrogen-bond acceptors (Lipinski definition) is 5. The number of carbonyl (C=O) groups is 1. The van der Waals surface area contributed by atoms with Gasteiger partial charge < -0.3 is 5.11 Å². The molecule has 1 aromatic rings. The third kappa shape index (κ3) is 4.37. The highest BCUT2D eigenvalue weighted by Gasteiger charge is 2.23. The number of nitriles is 1. The largest absolute Gasteiger partial charge is 0.478 e. The summed E-state index contributed by atoms with van der Waals surface area (Å²) in [5.41, 5.74) is 0.477. The number of nitrogens with zero attached hydrogens (tertiary/aromatic N) is 2. The number of carboxylic acid groups (broad SMARTS) is 1. The Morgan fingerprint density at radius 3 is 2.90 bits per heavy atom. The Kier molecular flexibility index (Phi) is 5.23. The molecular weight excluding hydrogens is 282 g/mol. The van der Waals surface area contributed by atoms with Crippen LogP contribution in [0.25, 0.3) is 6.08 Å². The lowest BCUT2D eigenvalue weighted by Gasteiger charge is -2.10. The highest BCUT2D eigenvalue weighted by molar-refractivity contribution is 7.93. The highest BCUT2D eigenvalue weighted by atomic mass is 32.2. The fourth-order valence-electron chi connectivity index (χ4n) is 1.37. The summed E-state index contributed by atoms with van der Waals surface area (Å²) in [5.74, 6) is -1.08. The van der Waals surface area contributed by atoms with E-state index < -0.39 is 21.2 Å². The van der Waals surface area contributed by atoms with E-state index in [2.05, 4.69) is 9.71 Å². The molecule has 2 N–H and O–H groups in total. The molecule has 0 amide bonds. The lowest BCUT2D eigenvalue weighted by molar-refractivity contribution is -0.131. The molecule has 1 rings (SSSR count). The number of hydrogen-bond donors (Lipinski definition) is 2. The second kappa shape index (κ2) is 6.68. The van der Waals surface area contributed by atoms with Crippen molar-refractivity contribution in [1.29, 1.82) is 5.26 Å². The quantitative estimate of drug-likeness (QED) is 0.761. The fourth-order valence-corrected chi connectivity index (χ4v) is 2.49. The minimum Gasteiger partial charge on any atom is -0.478 e. The number of carboxylic acids is 1. The summed E-state index contributed by atoms with van der Waals surface area (Å²) in [7, 11) is -3.84. The van der Waals surface area contributed by atoms with Crippen molar-refractivity contribution >= 4 is 27.9 Å². The van der Waals surface area contributed by atoms with Gasteiger partial charge in [0.15, 0.2) is 5.25 Å². The summed E-state index contributed by atoms with van der Waals surface area (Å²) in [4.78, 5) is 14.2. The van der Waals surface area contributed by atoms with Crippen LogP contribution < -0.4 is 4.72 Å². The Morgan fingerprint density at radius 1 is 1.65 bits per heavy atom. The van der Waals surface area contributed by atoms with Crippen molar-refractivity contribution in [3.8, 4) is 6.07 Å². The van der Waals surface area contributed by atoms with Gasteiger partial charge in [0, 0.05) is 12.3 Å². The summed E-state index contributed by atoms with van der Waals surface area (Å²) in [6, 6.07) is 4.60. The molecule has 0 aliphatic rings. The van der Waals surface area contributed by atoms with Crippen LogP contribution in [-0.2, 0) is 14.8 Å². The van der Waals surface area contributed by atoms with Crippen molar-refractivity contribution in [2.75, 3.05) is 4.72 Å². The Morgan fingerprint density at radius 2 is 2.35 bits per heavy atom. The van der Waals surface area contributed by atoms with Crippen molar-refractivity contribution in [2.45, 2.75) is 18.6 Å². The molecule has 7 nitrogen and oxygen atoms in total. The van der Waals surface area contributed by atoms with Crippen LogP contribution in [0.5, 0.6) is 0 Å². The van der Waals surface area contributed by atoms with E-state index in [1.807, 2.05) is 0 Å². The van der Waals surface area contributed by atoms with E-state index in [4.69, 9.17) is 10.4 Å². The highest BCUT2D eigenvalue weighted by Crippen LogP contribution is 2.13. The van der Waals surface area contributed by atoms with Gasteiger partial charge in [-0.1, -0.05) is 6.92 Å². The van der Waals surface area contributed by atoms with Gasteiger partial charge in [0.05, 0.1) is 6.07 Å². The monoisotopic (exact) mass is 295 g/mol. The van der Waals surface area contributed by atoms with Crippen LogP contribution in [0, 0.1) is 11.3 Å². The van der Waals surface area contributed by atoms with Crippen LogP contribution in [0.1, 0.15) is 18.9 Å². The molecular formula is C12H13N3O4S. The predicted octanol–water partition coefficient (Wildman–Crippen LogP) is 1.22. The van der Waals surface area contributed by atoms with E-state index in [9.17, 15) is 13.2 Å². The molecule has 0 aromatic carbocycles. The van der Waals surface area contributed by atoms with Gasteiger partial charge in [-0.05, 0) is 30.2 Å². The number of aliphatic carboxylic acids is 1. The first-order valence-electron chi connectivity index (χ1n) is 5.67. The zero-order chi connectivity index (χ0) is 15.2. The van der Waals surface area contributed by atoms with E-state index in [0.717, 1.165) is 6.08 Å². The average molecular weight is 295 g/mol. The second-order valence-corrected chi connectivity index (χ2v) is 5.68. The Balaban J connectivity index is 2.97. The lowest BCUT2D eigenvalue weighted by Crippen LogP contribution is -2.26. The maximum absolute atomic E-state index is 11.9. The van der Waals surface area contributed by atoms with Gasteiger partial charge in [-0.2, -0.15) is 5.26 Å². The molecule has 1 aromatic heterocycles. The second-order valence-electron chi connectivity index (χ2n) is 3.82. The van der Waals surface area contributed by atoms with Crippen molar-refractivity contribution in [2.24, 2.45) is 0 Å². The molecule has 0 bridgehead atoms. The fraction of sp³-hybridized carbons (Fsp3) is 0.250. The van der Waals surface area contributed by atoms with E-state index in [-0.39, 0.29) is 12.2 Å². The molecule has 0 saturated carbocycles. The Bertz CT molecular complexity index is 662. The van der Waals surface area contributed by atoms with Crippen LogP contribution in [0.4, 0.5) is 5.82 Å². The van der Waals surface area contributed by atoms with E-state index in [1.165, 1.54) is 24.4 Å². The molecule has 1 atom stereocenters. The standard InChI is InChI=1S/C12H13N3O4S/c1-2-10(8-13)20(18,19)15-11-7-9(5-6-14-11)3-4-12(16)17/h3-7,10H,2H2,1H3,(H,14,15)(H,16,17)/b4-3+. The zero-order valence-electron chi connectivity index (χ0n) is 10.6. The number of anilines is 1. The van der Waals surface area contributed by atoms with Gasteiger partial charge >= 0.3 is 5.97 Å². The van der Waals surface area contributed by atoms with Crippen molar-refractivity contribution < 1.29 is 18.3 Å². The summed E-state index contributed by atoms with van der Waals surface area (Å²) >= 11 is 0. The van der Waals surface area contributed by atoms with Crippen molar-refractivity contribution in [1.82, 2.24) is 4.98 Å². The Labute approximate surface area is 116 Å². The van der Waals surface area contributed by atoms with Gasteiger partial charge in [0.25, 0.3) is 0 Å². The van der Waals surface area contributed by atoms with Crippen LogP contribution >= 0.6 is 0 Å². The normalized spacial score (nSPS) is 12.8. The number of nitrogens with one attached hydrogen (secondary N) is 1. The Hall–Kier alpha value is -2.40. The first-order valence-corrected chi connectivity index (χ1v) is 7.22. The first-order chi connectivity index (χ1) is 9.39. The molecule has 1 unspecified atom stereocenters. The van der Waals surface area contributed by atoms with Crippen LogP contribution in [0.3, 0.4) is 0 Å². The van der Waals surface area contributed by atoms with Gasteiger partial charge in [-0.25, -0.2) is 18.2 Å². The van der Waals surface area contributed by atoms with Gasteiger partial charge in [0.1, 0.15) is 5.82 Å². The molecule has 106 valence electrons. The average Bonchev–Trinajstić information content (AvgIpc) is 2.37. The SMILES string of the molecule is CCC(C#N)S(=O)(=O)Nc1cc(/C=C/C(=O)O)ccn1. The smallest absolute Gasteiger partial charge is 0.328 e. The molecule has 0 aliphatic heterocycles. The molecule has 20 heavy (non-hydrogen) atoms. The van der Waals surface area contributed by atoms with E-state index in [0.29, 0.717) is 5.56 Å². The number of aromatic nitrogens is 1. The maximum Gasteiger partial charge on any atom is 0.328 e. The van der Waals surface area contributed by atoms with E-state index >= 15 is 0 Å². The summed E-state index contributed by atoms with van der Waals surface area (Å²) in [6.45, 7) is 1.59. The maximum atomic E-state index is 11.9. The predicted molar refractivity (Wildman–Crippen MR) is 73.1 cm³/mol. The van der Waals surface area contributed by atoms with Crippen LogP contribution in [0.2, 0.25) is 0 Å². The molecule has 0 spiro atoms. The lowest BCUT2D eigenvalue weighted by atomic mass is 10.2. The molecule has 0 aliphatic carbocycles. The summed E-state index contributed by atoms with van der Waals surface area (Å²) in [5, 5.41) is 16.1. The van der Waals surface area contributed by atoms with Gasteiger partial charge in [-0.3, -0.25) is 4.72 Å². The number of pyridine rings is 1. The third-order valence-corrected chi connectivity index (χ3v) is 4.02. The molecule has 8 heteroatoms.